The van der Waals surface area contributed by atoms with E-state index in [2.05, 4.69) is 4.98 Å². The lowest BCUT2D eigenvalue weighted by Crippen LogP contribution is -2.38. The Balaban J connectivity index is 1.79. The molecule has 0 radical (unpaired) electrons. The van der Waals surface area contributed by atoms with Crippen molar-refractivity contribution in [1.29, 1.82) is 0 Å². The molecule has 1 aliphatic rings. The quantitative estimate of drug-likeness (QED) is 0.505. The van der Waals surface area contributed by atoms with Crippen molar-refractivity contribution in [3.8, 4) is 11.5 Å². The van der Waals surface area contributed by atoms with Crippen LogP contribution in [0, 0.1) is 20.8 Å². The van der Waals surface area contributed by atoms with Crippen molar-refractivity contribution < 1.29 is 22.6 Å². The lowest BCUT2D eigenvalue weighted by Gasteiger charge is -2.26. The van der Waals surface area contributed by atoms with Crippen molar-refractivity contribution in [3.63, 3.8) is 0 Å². The number of aryl methyl sites for hydroxylation is 3. The van der Waals surface area contributed by atoms with E-state index < -0.39 is 10.0 Å². The van der Waals surface area contributed by atoms with Crippen LogP contribution in [0.5, 0.6) is 11.5 Å². The van der Waals surface area contributed by atoms with Gasteiger partial charge in [-0.15, -0.1) is 0 Å². The molecule has 0 aliphatic carbocycles. The summed E-state index contributed by atoms with van der Waals surface area (Å²) in [5, 5.41) is 0.717. The van der Waals surface area contributed by atoms with E-state index in [1.54, 1.807) is 39.2 Å². The van der Waals surface area contributed by atoms with Crippen molar-refractivity contribution >= 4 is 20.9 Å². The third-order valence-electron chi connectivity index (χ3n) is 6.41. The first-order chi connectivity index (χ1) is 16.6. The molecule has 8 nitrogen and oxygen atoms in total. The normalized spacial score (nSPS) is 16.2. The largest absolute Gasteiger partial charge is 0.493 e. The molecule has 0 unspecified atom stereocenters. The predicted octanol–water partition coefficient (Wildman–Crippen LogP) is 3.84. The summed E-state index contributed by atoms with van der Waals surface area (Å²) in [5.41, 5.74) is 2.94. The van der Waals surface area contributed by atoms with Gasteiger partial charge in [0.05, 0.1) is 30.7 Å². The lowest BCUT2D eigenvalue weighted by atomic mass is 10.1. The number of methoxy groups -OCH3 is 2. The molecular weight excluding hydrogens is 468 g/mol. The van der Waals surface area contributed by atoms with E-state index >= 15 is 0 Å². The highest BCUT2D eigenvalue weighted by Gasteiger charge is 2.32. The number of aromatic nitrogens is 1. The number of H-pyrrole nitrogens is 1. The van der Waals surface area contributed by atoms with Crippen LogP contribution >= 0.6 is 0 Å². The van der Waals surface area contributed by atoms with Gasteiger partial charge in [-0.2, -0.15) is 4.31 Å². The van der Waals surface area contributed by atoms with E-state index in [1.807, 2.05) is 19.1 Å². The molecule has 1 atom stereocenters. The topological polar surface area (TPSA) is 97.9 Å². The number of hydrogen-bond donors (Lipinski definition) is 1. The Hall–Kier alpha value is -2.88. The van der Waals surface area contributed by atoms with Gasteiger partial charge in [-0.1, -0.05) is 17.7 Å². The summed E-state index contributed by atoms with van der Waals surface area (Å²) in [6, 6.07) is 8.91. The second-order valence-electron chi connectivity index (χ2n) is 9.08. The fourth-order valence-electron chi connectivity index (χ4n) is 4.85. The maximum absolute atomic E-state index is 14.0. The zero-order chi connectivity index (χ0) is 25.3. The summed E-state index contributed by atoms with van der Waals surface area (Å²) in [5.74, 6) is 1.02. The third-order valence-corrected chi connectivity index (χ3v) is 8.52. The molecule has 0 saturated carbocycles. The summed E-state index contributed by atoms with van der Waals surface area (Å²) >= 11 is 0. The highest BCUT2D eigenvalue weighted by atomic mass is 32.2. The minimum Gasteiger partial charge on any atom is -0.493 e. The zero-order valence-corrected chi connectivity index (χ0v) is 21.6. The number of aromatic amines is 1. The third kappa shape index (κ3) is 5.07. The first-order valence-corrected chi connectivity index (χ1v) is 13.1. The molecule has 2 aromatic carbocycles. The van der Waals surface area contributed by atoms with Gasteiger partial charge in [-0.05, 0) is 56.9 Å². The molecule has 188 valence electrons. The number of ether oxygens (including phenoxy) is 3. The van der Waals surface area contributed by atoms with Crippen LogP contribution in [0.2, 0.25) is 0 Å². The Bertz CT molecular complexity index is 1380. The monoisotopic (exact) mass is 500 g/mol. The molecule has 3 aromatic rings. The number of sulfonamides is 1. The van der Waals surface area contributed by atoms with Crippen molar-refractivity contribution in [2.45, 2.75) is 51.2 Å². The van der Waals surface area contributed by atoms with Crippen LogP contribution < -0.4 is 15.0 Å². The Morgan fingerprint density at radius 1 is 1.03 bits per heavy atom. The van der Waals surface area contributed by atoms with Gasteiger partial charge in [0.25, 0.3) is 5.56 Å². The van der Waals surface area contributed by atoms with Gasteiger partial charge < -0.3 is 19.2 Å². The van der Waals surface area contributed by atoms with Crippen molar-refractivity contribution in [3.05, 3.63) is 62.9 Å². The number of rotatable bonds is 8. The fourth-order valence-corrected chi connectivity index (χ4v) is 6.71. The van der Waals surface area contributed by atoms with Crippen LogP contribution in [0.25, 0.3) is 10.9 Å². The molecule has 0 amide bonds. The molecule has 1 saturated heterocycles. The highest BCUT2D eigenvalue weighted by molar-refractivity contribution is 7.89. The van der Waals surface area contributed by atoms with Crippen LogP contribution in [-0.4, -0.2) is 51.2 Å². The molecule has 4 rings (SSSR count). The van der Waals surface area contributed by atoms with Gasteiger partial charge in [-0.25, -0.2) is 8.42 Å². The van der Waals surface area contributed by atoms with E-state index in [0.29, 0.717) is 40.3 Å². The van der Waals surface area contributed by atoms with E-state index in [9.17, 15) is 13.2 Å². The number of nitrogens with zero attached hydrogens (tertiary/aromatic N) is 1. The lowest BCUT2D eigenvalue weighted by molar-refractivity contribution is 0.0925. The van der Waals surface area contributed by atoms with Crippen LogP contribution in [0.15, 0.2) is 40.0 Å². The molecule has 0 bridgehead atoms. The first-order valence-electron chi connectivity index (χ1n) is 11.6. The molecule has 35 heavy (non-hydrogen) atoms. The van der Waals surface area contributed by atoms with Gasteiger partial charge in [0.15, 0.2) is 11.5 Å². The molecule has 9 heteroatoms. The van der Waals surface area contributed by atoms with Crippen molar-refractivity contribution in [2.75, 3.05) is 27.4 Å². The maximum Gasteiger partial charge on any atom is 0.252 e. The molecular formula is C26H32N2O6S. The smallest absolute Gasteiger partial charge is 0.252 e. The van der Waals surface area contributed by atoms with E-state index in [-0.39, 0.29) is 29.6 Å². The molecule has 1 aliphatic heterocycles. The zero-order valence-electron chi connectivity index (χ0n) is 20.8. The van der Waals surface area contributed by atoms with Gasteiger partial charge in [-0.3, -0.25) is 4.79 Å². The molecule has 1 fully saturated rings. The number of fused-ring (bicyclic) bond motifs is 1. The summed E-state index contributed by atoms with van der Waals surface area (Å²) in [7, 11) is -0.836. The number of pyridine rings is 1. The summed E-state index contributed by atoms with van der Waals surface area (Å²) < 4.78 is 45.8. The Morgan fingerprint density at radius 3 is 2.29 bits per heavy atom. The first kappa shape index (κ1) is 25.2. The average molecular weight is 501 g/mol. The SMILES string of the molecule is COc1cc2cc(CN(C[C@@H]3CCCO3)S(=O)(=O)c3c(C)cc(C)cc3C)c(=O)[nH]c2cc1OC. The Kier molecular flexibility index (Phi) is 7.21. The van der Waals surface area contributed by atoms with Crippen molar-refractivity contribution in [2.24, 2.45) is 0 Å². The summed E-state index contributed by atoms with van der Waals surface area (Å²) in [6.45, 7) is 6.27. The highest BCUT2D eigenvalue weighted by Crippen LogP contribution is 2.32. The number of nitrogens with one attached hydrogen (secondary N) is 1. The van der Waals surface area contributed by atoms with Crippen LogP contribution in [-0.2, 0) is 21.3 Å². The number of hydrogen-bond acceptors (Lipinski definition) is 6. The standard InChI is InChI=1S/C26H32N2O6S/c1-16-9-17(2)25(18(3)10-16)35(30,31)28(15-21-7-6-8-34-21)14-20-11-19-12-23(32-4)24(33-5)13-22(19)27-26(20)29/h9-13,21H,6-8,14-15H2,1-5H3,(H,27,29)/t21-/m0/s1. The van der Waals surface area contributed by atoms with Gasteiger partial charge in [0.2, 0.25) is 10.0 Å². The summed E-state index contributed by atoms with van der Waals surface area (Å²) in [6.07, 6.45) is 1.46. The average Bonchev–Trinajstić information content (AvgIpc) is 3.30. The van der Waals surface area contributed by atoms with Crippen molar-refractivity contribution in [1.82, 2.24) is 9.29 Å². The van der Waals surface area contributed by atoms with Crippen LogP contribution in [0.3, 0.4) is 0 Å². The van der Waals surface area contributed by atoms with E-state index in [0.717, 1.165) is 23.8 Å². The fraction of sp³-hybridized carbons (Fsp3) is 0.423. The van der Waals surface area contributed by atoms with E-state index in [1.165, 1.54) is 11.4 Å². The van der Waals surface area contributed by atoms with Gasteiger partial charge in [0, 0.05) is 36.7 Å². The predicted molar refractivity (Wildman–Crippen MR) is 135 cm³/mol. The Morgan fingerprint density at radius 2 is 1.69 bits per heavy atom. The van der Waals surface area contributed by atoms with Gasteiger partial charge >= 0.3 is 0 Å². The minimum atomic E-state index is -3.90. The summed E-state index contributed by atoms with van der Waals surface area (Å²) in [4.78, 5) is 16.2. The molecule has 0 spiro atoms. The molecule has 1 N–H and O–H groups in total. The van der Waals surface area contributed by atoms with E-state index in [4.69, 9.17) is 14.2 Å². The number of benzene rings is 2. The maximum atomic E-state index is 14.0. The minimum absolute atomic E-state index is 0.0748. The van der Waals surface area contributed by atoms with Crippen LogP contribution in [0.4, 0.5) is 0 Å². The van der Waals surface area contributed by atoms with Crippen LogP contribution in [0.1, 0.15) is 35.1 Å². The van der Waals surface area contributed by atoms with Gasteiger partial charge in [0.1, 0.15) is 0 Å². The molecule has 2 heterocycles. The molecule has 1 aromatic heterocycles. The second kappa shape index (κ2) is 10.0. The Labute approximate surface area is 205 Å². The second-order valence-corrected chi connectivity index (χ2v) is 11.0.